The predicted octanol–water partition coefficient (Wildman–Crippen LogP) is 4.22. The summed E-state index contributed by atoms with van der Waals surface area (Å²) in [6.45, 7) is 4.26. The molecule has 0 unspecified atom stereocenters. The van der Waals surface area contributed by atoms with E-state index in [4.69, 9.17) is 5.11 Å². The van der Waals surface area contributed by atoms with E-state index in [1.807, 2.05) is 0 Å². The van der Waals surface area contributed by atoms with Gasteiger partial charge in [0.25, 0.3) is 0 Å². The molecule has 0 atom stereocenters. The van der Waals surface area contributed by atoms with Crippen molar-refractivity contribution in [1.82, 2.24) is 0 Å². The van der Waals surface area contributed by atoms with Crippen LogP contribution >= 0.6 is 23.5 Å². The first kappa shape index (κ1) is 25.9. The van der Waals surface area contributed by atoms with Crippen LogP contribution < -0.4 is 0 Å². The van der Waals surface area contributed by atoms with Crippen molar-refractivity contribution in [2.75, 3.05) is 11.5 Å². The third-order valence-electron chi connectivity index (χ3n) is 3.38. The Bertz CT molecular complexity index is 313. The summed E-state index contributed by atoms with van der Waals surface area (Å²) in [7, 11) is 0. The van der Waals surface area contributed by atoms with Crippen LogP contribution in [0.1, 0.15) is 71.6 Å². The van der Waals surface area contributed by atoms with Crippen LogP contribution in [0.25, 0.3) is 0 Å². The summed E-state index contributed by atoms with van der Waals surface area (Å²) in [5, 5.41) is 18.7. The zero-order valence-electron chi connectivity index (χ0n) is 13.8. The van der Waals surface area contributed by atoms with Crippen LogP contribution in [0.15, 0.2) is 0 Å². The maximum absolute atomic E-state index is 11.7. The van der Waals surface area contributed by atoms with Crippen molar-refractivity contribution < 1.29 is 19.8 Å². The monoisotopic (exact) mass is 374 g/mol. The van der Waals surface area contributed by atoms with Crippen LogP contribution in [-0.2, 0) is 9.59 Å². The molecule has 0 fully saturated rings. The first-order chi connectivity index (χ1) is 10.5. The molecule has 0 rings (SSSR count). The number of hydrogen-bond donors (Lipinski definition) is 2. The minimum absolute atomic E-state index is 0. The Morgan fingerprint density at radius 3 is 1.57 bits per heavy atom. The van der Waals surface area contributed by atoms with Crippen LogP contribution in [0.5, 0.6) is 0 Å². The quantitative estimate of drug-likeness (QED) is 0.254. The number of hydrogen-bond acceptors (Lipinski definition) is 4. The summed E-state index contributed by atoms with van der Waals surface area (Å²) in [5.74, 6) is -0.622. The first-order valence-corrected chi connectivity index (χ1v) is 10.2. The fourth-order valence-corrected chi connectivity index (χ4v) is 4.96. The van der Waals surface area contributed by atoms with Gasteiger partial charge in [0.2, 0.25) is 0 Å². The second kappa shape index (κ2) is 16.1. The molecule has 0 radical (unpaired) electrons. The molecule has 7 heteroatoms. The van der Waals surface area contributed by atoms with Crippen molar-refractivity contribution in [3.63, 3.8) is 0 Å². The van der Waals surface area contributed by atoms with Crippen molar-refractivity contribution in [3.8, 4) is 0 Å². The normalized spacial score (nSPS) is 11.0. The fourth-order valence-electron chi connectivity index (χ4n) is 2.07. The van der Waals surface area contributed by atoms with Crippen LogP contribution in [0.4, 0.5) is 0 Å². The Balaban J connectivity index is 0. The molecular formula is C16H31NaO4S2. The van der Waals surface area contributed by atoms with Gasteiger partial charge in [0, 0.05) is 0 Å². The van der Waals surface area contributed by atoms with E-state index in [0.717, 1.165) is 51.4 Å². The average Bonchev–Trinajstić information content (AvgIpc) is 2.45. The number of thioether (sulfide) groups is 2. The zero-order chi connectivity index (χ0) is 16.8. The summed E-state index contributed by atoms with van der Waals surface area (Å²) in [5.41, 5.74) is 0. The van der Waals surface area contributed by atoms with E-state index >= 15 is 0 Å². The molecule has 0 saturated carbocycles. The van der Waals surface area contributed by atoms with Gasteiger partial charge in [-0.25, -0.2) is 4.79 Å². The van der Waals surface area contributed by atoms with Crippen LogP contribution in [0.2, 0.25) is 0 Å². The second-order valence-electron chi connectivity index (χ2n) is 5.45. The Morgan fingerprint density at radius 1 is 0.826 bits per heavy atom. The van der Waals surface area contributed by atoms with E-state index in [1.54, 1.807) is 0 Å². The number of aliphatic carboxylic acids is 2. The van der Waals surface area contributed by atoms with E-state index in [9.17, 15) is 14.7 Å². The van der Waals surface area contributed by atoms with Crippen molar-refractivity contribution >= 4 is 65.0 Å². The SMILES string of the molecule is CCCCCCSC(CC(=O)O)(SCCCCCC)C(=O)O.[NaH]. The molecule has 0 aliphatic carbocycles. The van der Waals surface area contributed by atoms with Gasteiger partial charge in [-0.3, -0.25) is 4.79 Å². The number of rotatable bonds is 15. The van der Waals surface area contributed by atoms with E-state index in [0.29, 0.717) is 11.5 Å². The average molecular weight is 375 g/mol. The van der Waals surface area contributed by atoms with Crippen LogP contribution in [0.3, 0.4) is 0 Å². The third kappa shape index (κ3) is 12.6. The molecule has 0 heterocycles. The van der Waals surface area contributed by atoms with Gasteiger partial charge in [0.15, 0.2) is 4.08 Å². The summed E-state index contributed by atoms with van der Waals surface area (Å²) in [6.07, 6.45) is 8.28. The van der Waals surface area contributed by atoms with Gasteiger partial charge in [0.05, 0.1) is 6.42 Å². The Morgan fingerprint density at radius 2 is 1.26 bits per heavy atom. The van der Waals surface area contributed by atoms with Crippen LogP contribution in [0, 0.1) is 0 Å². The summed E-state index contributed by atoms with van der Waals surface area (Å²) in [6, 6.07) is 0. The summed E-state index contributed by atoms with van der Waals surface area (Å²) < 4.78 is -1.23. The van der Waals surface area contributed by atoms with Gasteiger partial charge in [-0.15, -0.1) is 23.5 Å². The topological polar surface area (TPSA) is 74.6 Å². The molecule has 23 heavy (non-hydrogen) atoms. The van der Waals surface area contributed by atoms with Crippen molar-refractivity contribution in [1.29, 1.82) is 0 Å². The molecular weight excluding hydrogens is 343 g/mol. The van der Waals surface area contributed by atoms with Gasteiger partial charge in [-0.1, -0.05) is 52.4 Å². The molecule has 132 valence electrons. The molecule has 0 aromatic rings. The molecule has 0 aromatic heterocycles. The molecule has 0 aliphatic heterocycles. The summed E-state index contributed by atoms with van der Waals surface area (Å²) >= 11 is 2.60. The van der Waals surface area contributed by atoms with E-state index in [-0.39, 0.29) is 36.0 Å². The molecule has 0 aliphatic rings. The molecule has 0 saturated heterocycles. The zero-order valence-corrected chi connectivity index (χ0v) is 15.4. The predicted molar refractivity (Wildman–Crippen MR) is 103 cm³/mol. The molecule has 0 spiro atoms. The first-order valence-electron chi connectivity index (χ1n) is 8.21. The number of unbranched alkanes of at least 4 members (excludes halogenated alkanes) is 6. The maximum atomic E-state index is 11.7. The number of carbonyl (C=O) groups is 2. The molecule has 0 aromatic carbocycles. The number of carboxylic acid groups (broad SMARTS) is 2. The molecule has 0 bridgehead atoms. The van der Waals surface area contributed by atoms with Gasteiger partial charge < -0.3 is 10.2 Å². The van der Waals surface area contributed by atoms with Crippen LogP contribution in [-0.4, -0.2) is 67.3 Å². The van der Waals surface area contributed by atoms with Gasteiger partial charge in [0.1, 0.15) is 0 Å². The fraction of sp³-hybridized carbons (Fsp3) is 0.875. The summed E-state index contributed by atoms with van der Waals surface area (Å²) in [4.78, 5) is 22.8. The molecule has 2 N–H and O–H groups in total. The minimum atomic E-state index is -1.23. The Kier molecular flexibility index (Phi) is 18.1. The third-order valence-corrected chi connectivity index (χ3v) is 6.64. The van der Waals surface area contributed by atoms with Crippen molar-refractivity contribution in [3.05, 3.63) is 0 Å². The molecule has 0 amide bonds. The van der Waals surface area contributed by atoms with Gasteiger partial charge in [-0.2, -0.15) is 0 Å². The van der Waals surface area contributed by atoms with E-state index < -0.39 is 16.0 Å². The van der Waals surface area contributed by atoms with E-state index in [1.165, 1.54) is 23.5 Å². The van der Waals surface area contributed by atoms with Crippen molar-refractivity contribution in [2.24, 2.45) is 0 Å². The second-order valence-corrected chi connectivity index (χ2v) is 8.49. The van der Waals surface area contributed by atoms with E-state index in [2.05, 4.69) is 13.8 Å². The van der Waals surface area contributed by atoms with Gasteiger partial charge >= 0.3 is 41.5 Å². The Labute approximate surface area is 171 Å². The number of carboxylic acids is 2. The van der Waals surface area contributed by atoms with Gasteiger partial charge in [-0.05, 0) is 24.3 Å². The molecule has 4 nitrogen and oxygen atoms in total. The standard InChI is InChI=1S/C16H30O4S2.Na.H/c1-3-5-7-9-11-21-16(15(19)20,13-14(17)18)22-12-10-8-6-4-2;;/h3-13H2,1-2H3,(H,17,18)(H,19,20);;. The van der Waals surface area contributed by atoms with Crippen molar-refractivity contribution in [2.45, 2.75) is 75.7 Å². The Hall–Kier alpha value is 0.640.